The maximum Gasteiger partial charge on any atom is 0.0366 e. The van der Waals surface area contributed by atoms with Crippen LogP contribution in [-0.2, 0) is 0 Å². The molecule has 0 N–H and O–H groups in total. The molecule has 0 heterocycles. The summed E-state index contributed by atoms with van der Waals surface area (Å²) in [7, 11) is 0. The van der Waals surface area contributed by atoms with Gasteiger partial charge in [0.25, 0.3) is 0 Å². The number of rotatable bonds is 0. The van der Waals surface area contributed by atoms with E-state index in [1.807, 2.05) is 0 Å². The third kappa shape index (κ3) is 1.56. The zero-order valence-electron chi connectivity index (χ0n) is 3.71. The summed E-state index contributed by atoms with van der Waals surface area (Å²) >= 11 is 0. The second-order valence-electron chi connectivity index (χ2n) is 0.427. The minimum Gasteiger partial charge on any atom is -0.107 e. The van der Waals surface area contributed by atoms with Gasteiger partial charge < -0.3 is 0 Å². The van der Waals surface area contributed by atoms with E-state index in [9.17, 15) is 0 Å². The first-order valence-electron chi connectivity index (χ1n) is 1.81. The summed E-state index contributed by atoms with van der Waals surface area (Å²) < 4.78 is 6.43. The van der Waals surface area contributed by atoms with Crippen LogP contribution in [0.1, 0.15) is 15.2 Å². The lowest BCUT2D eigenvalue weighted by Crippen LogP contribution is -1.28. The van der Waals surface area contributed by atoms with Crippen molar-refractivity contribution in [3.63, 3.8) is 0 Å². The average Bonchev–Trinajstić information content (AvgIpc) is 1.41. The molecule has 0 aliphatic carbocycles. The lowest BCUT2D eigenvalue weighted by atomic mass is 10.7. The van der Waals surface area contributed by atoms with Gasteiger partial charge in [-0.2, -0.15) is 0 Å². The van der Waals surface area contributed by atoms with Crippen LogP contribution in [-0.4, -0.2) is 0 Å². The second kappa shape index (κ2) is 2.56. The summed E-state index contributed by atoms with van der Waals surface area (Å²) in [6, 6.07) is 0. The lowest BCUT2D eigenvalue weighted by molar-refractivity contribution is 1.83. The molecule has 22 valence electrons. The van der Waals surface area contributed by atoms with Gasteiger partial charge in [0.15, 0.2) is 0 Å². The lowest BCUT2D eigenvalue weighted by Gasteiger charge is -1.40. The van der Waals surface area contributed by atoms with E-state index in [0.29, 0.717) is 0 Å². The van der Waals surface area contributed by atoms with Crippen molar-refractivity contribution in [3.8, 4) is 11.8 Å². The van der Waals surface area contributed by atoms with Gasteiger partial charge in [0, 0.05) is 1.37 Å². The van der Waals surface area contributed by atoms with E-state index in [4.69, 9.17) is 1.37 Å². The first kappa shape index (κ1) is 1.84. The topological polar surface area (TPSA) is 0 Å². The summed E-state index contributed by atoms with van der Waals surface area (Å²) in [5.41, 5.74) is 0. The zero-order valence-corrected chi connectivity index (χ0v) is 2.71. The molecule has 0 atom stereocenters. The fraction of sp³-hybridized carbons (Fsp3) is 0.500. The average molecular weight is 55.1 g/mol. The molecule has 0 aromatic rings. The molecule has 0 saturated heterocycles. The van der Waals surface area contributed by atoms with Gasteiger partial charge in [-0.15, -0.1) is 11.8 Å². The summed E-state index contributed by atoms with van der Waals surface area (Å²) in [4.78, 5) is 0. The fourth-order valence-electron chi connectivity index (χ4n) is 0. The van der Waals surface area contributed by atoms with E-state index in [2.05, 4.69) is 11.8 Å². The summed E-state index contributed by atoms with van der Waals surface area (Å²) in [5.74, 6) is 5.11. The fourth-order valence-corrected chi connectivity index (χ4v) is 0. The van der Waals surface area contributed by atoms with Gasteiger partial charge in [-0.05, 0) is 13.8 Å². The van der Waals surface area contributed by atoms with Gasteiger partial charge in [0.1, 0.15) is 0 Å². The second-order valence-corrected chi connectivity index (χ2v) is 0.427. The molecular weight excluding hydrogens is 48.0 g/mol. The van der Waals surface area contributed by atoms with E-state index < -0.39 is 0 Å². The largest absolute Gasteiger partial charge is 0.107 e. The molecule has 0 aliphatic heterocycles. The standard InChI is InChI=1S/C4H6/c1-3-4-2/h1-2H3/i1D. The molecule has 0 nitrogen and oxygen atoms in total. The van der Waals surface area contributed by atoms with Crippen LogP contribution in [0.4, 0.5) is 0 Å². The van der Waals surface area contributed by atoms with Crippen LogP contribution >= 0.6 is 0 Å². The molecule has 4 heavy (non-hydrogen) atoms. The maximum atomic E-state index is 6.43. The van der Waals surface area contributed by atoms with Crippen molar-refractivity contribution in [1.82, 2.24) is 0 Å². The van der Waals surface area contributed by atoms with Gasteiger partial charge in [0.05, 0.1) is 0 Å². The van der Waals surface area contributed by atoms with Crippen LogP contribution in [0.2, 0.25) is 0 Å². The van der Waals surface area contributed by atoms with E-state index in [1.54, 1.807) is 6.92 Å². The highest BCUT2D eigenvalue weighted by atomic mass is 13.3. The molecule has 0 fully saturated rings. The van der Waals surface area contributed by atoms with Crippen molar-refractivity contribution in [3.05, 3.63) is 0 Å². The van der Waals surface area contributed by atoms with Gasteiger partial charge in [0.2, 0.25) is 0 Å². The van der Waals surface area contributed by atoms with Gasteiger partial charge in [-0.3, -0.25) is 0 Å². The molecule has 0 rings (SSSR count). The maximum absolute atomic E-state index is 6.43. The normalized spacial score (nSPS) is 6.75. The Morgan fingerprint density at radius 1 is 1.75 bits per heavy atom. The molecule has 0 aromatic carbocycles. The zero-order chi connectivity index (χ0) is 4.12. The van der Waals surface area contributed by atoms with Gasteiger partial charge in [-0.1, -0.05) is 0 Å². The highest BCUT2D eigenvalue weighted by molar-refractivity contribution is 4.89. The number of hydrogen-bond donors (Lipinski definition) is 0. The molecular formula is C4H6. The van der Waals surface area contributed by atoms with Crippen LogP contribution in [0.5, 0.6) is 0 Å². The molecule has 0 amide bonds. The Morgan fingerprint density at radius 2 is 2.50 bits per heavy atom. The Labute approximate surface area is 28.2 Å². The quantitative estimate of drug-likeness (QED) is 0.363. The van der Waals surface area contributed by atoms with Crippen LogP contribution < -0.4 is 0 Å². The van der Waals surface area contributed by atoms with E-state index in [1.165, 1.54) is 0 Å². The molecule has 0 aliphatic rings. The van der Waals surface area contributed by atoms with Crippen LogP contribution in [0.25, 0.3) is 0 Å². The molecule has 0 bridgehead atoms. The third-order valence-electron chi connectivity index (χ3n) is 0.177. The minimum atomic E-state index is 0.233. The highest BCUT2D eigenvalue weighted by Crippen LogP contribution is 1.39. The van der Waals surface area contributed by atoms with Crippen molar-refractivity contribution in [2.24, 2.45) is 0 Å². The molecule has 0 aromatic heterocycles. The van der Waals surface area contributed by atoms with Gasteiger partial charge >= 0.3 is 0 Å². The first-order chi connectivity index (χ1) is 2.41. The highest BCUT2D eigenvalue weighted by Gasteiger charge is 1.26. The molecule has 0 radical (unpaired) electrons. The Balaban J connectivity index is 2.81. The van der Waals surface area contributed by atoms with Crippen molar-refractivity contribution in [1.29, 1.82) is 0 Å². The third-order valence-corrected chi connectivity index (χ3v) is 0.177. The van der Waals surface area contributed by atoms with Crippen LogP contribution in [0.15, 0.2) is 0 Å². The van der Waals surface area contributed by atoms with E-state index >= 15 is 0 Å². The van der Waals surface area contributed by atoms with E-state index in [0.717, 1.165) is 0 Å². The SMILES string of the molecule is [2H]CC#CC. The predicted octanol–water partition coefficient (Wildman–Crippen LogP) is 1.03. The summed E-state index contributed by atoms with van der Waals surface area (Å²) in [6.45, 7) is 1.96. The van der Waals surface area contributed by atoms with Crippen LogP contribution in [0, 0.1) is 11.8 Å². The smallest absolute Gasteiger partial charge is 0.0366 e. The Bertz CT molecular complexity index is 55.8. The Hall–Kier alpha value is -0.440. The predicted molar refractivity (Wildman–Crippen MR) is 19.1 cm³/mol. The molecule has 0 spiro atoms. The van der Waals surface area contributed by atoms with Crippen LogP contribution in [0.3, 0.4) is 0 Å². The molecule has 0 unspecified atom stereocenters. The Kier molecular flexibility index (Phi) is 1.18. The molecule has 0 saturated carbocycles. The van der Waals surface area contributed by atoms with E-state index in [-0.39, 0.29) is 6.90 Å². The summed E-state index contributed by atoms with van der Waals surface area (Å²) in [6.07, 6.45) is 0. The van der Waals surface area contributed by atoms with Gasteiger partial charge in [-0.25, -0.2) is 0 Å². The summed E-state index contributed by atoms with van der Waals surface area (Å²) in [5, 5.41) is 0. The Morgan fingerprint density at radius 3 is 2.50 bits per heavy atom. The van der Waals surface area contributed by atoms with Crippen molar-refractivity contribution in [2.45, 2.75) is 13.8 Å². The molecule has 0 heteroatoms. The monoisotopic (exact) mass is 55.1 g/mol. The first-order valence-corrected chi connectivity index (χ1v) is 1.10. The number of hydrogen-bond acceptors (Lipinski definition) is 0. The van der Waals surface area contributed by atoms with Crippen molar-refractivity contribution >= 4 is 0 Å². The van der Waals surface area contributed by atoms with Crippen molar-refractivity contribution in [2.75, 3.05) is 0 Å². The van der Waals surface area contributed by atoms with Crippen molar-refractivity contribution < 1.29 is 1.37 Å². The minimum absolute atomic E-state index is 0.233.